The van der Waals surface area contributed by atoms with Crippen LogP contribution in [0.5, 0.6) is 0 Å². The lowest BCUT2D eigenvalue weighted by Crippen LogP contribution is -2.37. The van der Waals surface area contributed by atoms with Gasteiger partial charge in [-0.05, 0) is 37.3 Å². The summed E-state index contributed by atoms with van der Waals surface area (Å²) in [6.45, 7) is 1.44. The van der Waals surface area contributed by atoms with E-state index in [1.54, 1.807) is 37.3 Å². The predicted molar refractivity (Wildman–Crippen MR) is 105 cm³/mol. The summed E-state index contributed by atoms with van der Waals surface area (Å²) in [5, 5.41) is 2.76. The molecule has 0 heterocycles. The number of rotatable bonds is 7. The van der Waals surface area contributed by atoms with Crippen LogP contribution >= 0.6 is 11.6 Å². The van der Waals surface area contributed by atoms with E-state index in [9.17, 15) is 18.0 Å². The number of hydrogen-bond donors (Lipinski definition) is 1. The van der Waals surface area contributed by atoms with E-state index < -0.39 is 28.4 Å². The van der Waals surface area contributed by atoms with Crippen LogP contribution in [0.1, 0.15) is 17.3 Å². The van der Waals surface area contributed by atoms with Gasteiger partial charge in [-0.3, -0.25) is 9.10 Å². The maximum atomic E-state index is 12.4. The third-order valence-electron chi connectivity index (χ3n) is 3.48. The molecule has 1 amide bonds. The minimum absolute atomic E-state index is 0.111. The monoisotopic (exact) mass is 410 g/mol. The topological polar surface area (TPSA) is 92.8 Å². The van der Waals surface area contributed by atoms with Gasteiger partial charge in [0.25, 0.3) is 0 Å². The second-order valence-electron chi connectivity index (χ2n) is 5.57. The van der Waals surface area contributed by atoms with Crippen LogP contribution in [0.25, 0.3) is 0 Å². The summed E-state index contributed by atoms with van der Waals surface area (Å²) in [4.78, 5) is 24.3. The second kappa shape index (κ2) is 8.88. The summed E-state index contributed by atoms with van der Waals surface area (Å²) < 4.78 is 30.0. The number of benzene rings is 2. The number of carbonyl (C=O) groups excluding carboxylic acids is 2. The SMILES string of the molecule is CCOC(=O)c1cc(NC(=O)CN(c2ccccc2)S(C)(=O)=O)ccc1Cl. The molecule has 27 heavy (non-hydrogen) atoms. The fraction of sp³-hybridized carbons (Fsp3) is 0.222. The number of amides is 1. The minimum Gasteiger partial charge on any atom is -0.462 e. The molecule has 2 rings (SSSR count). The highest BCUT2D eigenvalue weighted by Crippen LogP contribution is 2.22. The molecule has 0 saturated heterocycles. The molecule has 0 spiro atoms. The Labute approximate surface area is 162 Å². The molecule has 0 unspecified atom stereocenters. The molecule has 0 saturated carbocycles. The van der Waals surface area contributed by atoms with Gasteiger partial charge in [-0.15, -0.1) is 0 Å². The maximum Gasteiger partial charge on any atom is 0.339 e. The van der Waals surface area contributed by atoms with Crippen molar-refractivity contribution in [3.63, 3.8) is 0 Å². The third-order valence-corrected chi connectivity index (χ3v) is 4.95. The maximum absolute atomic E-state index is 12.4. The van der Waals surface area contributed by atoms with E-state index in [1.165, 1.54) is 18.2 Å². The number of carbonyl (C=O) groups is 2. The van der Waals surface area contributed by atoms with Gasteiger partial charge in [0.15, 0.2) is 0 Å². The summed E-state index contributed by atoms with van der Waals surface area (Å²) in [5.74, 6) is -1.18. The Kier molecular flexibility index (Phi) is 6.81. The third kappa shape index (κ3) is 5.70. The van der Waals surface area contributed by atoms with E-state index in [1.807, 2.05) is 0 Å². The first-order valence-corrected chi connectivity index (χ1v) is 10.2. The Balaban J connectivity index is 2.19. The molecule has 7 nitrogen and oxygen atoms in total. The van der Waals surface area contributed by atoms with Gasteiger partial charge in [0.1, 0.15) is 6.54 Å². The number of halogens is 1. The van der Waals surface area contributed by atoms with Crippen LogP contribution in [0.2, 0.25) is 5.02 Å². The fourth-order valence-electron chi connectivity index (χ4n) is 2.29. The molecule has 2 aromatic rings. The lowest BCUT2D eigenvalue weighted by atomic mass is 10.2. The smallest absolute Gasteiger partial charge is 0.339 e. The number of esters is 1. The zero-order chi connectivity index (χ0) is 20.0. The van der Waals surface area contributed by atoms with Gasteiger partial charge in [0.2, 0.25) is 15.9 Å². The molecule has 0 aromatic heterocycles. The molecule has 0 fully saturated rings. The Hall–Kier alpha value is -2.58. The van der Waals surface area contributed by atoms with Gasteiger partial charge in [-0.1, -0.05) is 29.8 Å². The minimum atomic E-state index is -3.66. The molecule has 0 aliphatic rings. The molecular weight excluding hydrogens is 392 g/mol. The molecule has 144 valence electrons. The van der Waals surface area contributed by atoms with Crippen molar-refractivity contribution < 1.29 is 22.7 Å². The highest BCUT2D eigenvalue weighted by Gasteiger charge is 2.21. The van der Waals surface area contributed by atoms with E-state index in [0.717, 1.165) is 10.6 Å². The number of anilines is 2. The zero-order valence-electron chi connectivity index (χ0n) is 14.8. The van der Waals surface area contributed by atoms with Gasteiger partial charge in [0, 0.05) is 5.69 Å². The van der Waals surface area contributed by atoms with Crippen molar-refractivity contribution in [2.24, 2.45) is 0 Å². The number of nitrogens with zero attached hydrogens (tertiary/aromatic N) is 1. The zero-order valence-corrected chi connectivity index (χ0v) is 16.4. The van der Waals surface area contributed by atoms with Crippen molar-refractivity contribution in [1.29, 1.82) is 0 Å². The number of hydrogen-bond acceptors (Lipinski definition) is 5. The number of sulfonamides is 1. The van der Waals surface area contributed by atoms with Crippen LogP contribution in [0.4, 0.5) is 11.4 Å². The molecule has 0 aliphatic heterocycles. The summed E-state index contributed by atoms with van der Waals surface area (Å²) in [6, 6.07) is 12.6. The van der Waals surface area contributed by atoms with Crippen molar-refractivity contribution in [3.8, 4) is 0 Å². The molecule has 0 atom stereocenters. The van der Waals surface area contributed by atoms with Gasteiger partial charge in [0.05, 0.1) is 29.1 Å². The largest absolute Gasteiger partial charge is 0.462 e. The van der Waals surface area contributed by atoms with Crippen LogP contribution in [0.3, 0.4) is 0 Å². The molecule has 0 bridgehead atoms. The Morgan fingerprint density at radius 1 is 1.15 bits per heavy atom. The molecule has 0 aliphatic carbocycles. The normalized spacial score (nSPS) is 10.9. The van der Waals surface area contributed by atoms with Crippen LogP contribution in [-0.4, -0.2) is 39.7 Å². The average molecular weight is 411 g/mol. The van der Waals surface area contributed by atoms with Crippen molar-refractivity contribution in [1.82, 2.24) is 0 Å². The lowest BCUT2D eigenvalue weighted by molar-refractivity contribution is -0.114. The number of nitrogens with one attached hydrogen (secondary N) is 1. The highest BCUT2D eigenvalue weighted by atomic mass is 35.5. The Bertz CT molecular complexity index is 932. The molecule has 0 radical (unpaired) electrons. The summed E-state index contributed by atoms with van der Waals surface area (Å²) >= 11 is 5.99. The first kappa shape index (κ1) is 20.7. The van der Waals surface area contributed by atoms with Gasteiger partial charge in [-0.2, -0.15) is 0 Å². The molecule has 2 aromatic carbocycles. The first-order valence-electron chi connectivity index (χ1n) is 8.01. The van der Waals surface area contributed by atoms with Crippen molar-refractivity contribution in [3.05, 3.63) is 59.1 Å². The van der Waals surface area contributed by atoms with Crippen LogP contribution in [-0.2, 0) is 19.6 Å². The van der Waals surface area contributed by atoms with Gasteiger partial charge >= 0.3 is 5.97 Å². The van der Waals surface area contributed by atoms with Crippen LogP contribution in [0, 0.1) is 0 Å². The Morgan fingerprint density at radius 2 is 1.81 bits per heavy atom. The fourth-order valence-corrected chi connectivity index (χ4v) is 3.34. The predicted octanol–water partition coefficient (Wildman–Crippen LogP) is 2.92. The second-order valence-corrected chi connectivity index (χ2v) is 7.88. The highest BCUT2D eigenvalue weighted by molar-refractivity contribution is 7.92. The van der Waals surface area contributed by atoms with Crippen molar-refractivity contribution >= 4 is 44.9 Å². The average Bonchev–Trinajstić information content (AvgIpc) is 2.61. The van der Waals surface area contributed by atoms with Crippen LogP contribution in [0.15, 0.2) is 48.5 Å². The summed E-state index contributed by atoms with van der Waals surface area (Å²) in [5.41, 5.74) is 0.784. The number of ether oxygens (including phenoxy) is 1. The number of para-hydroxylation sites is 1. The van der Waals surface area contributed by atoms with Gasteiger partial charge in [-0.25, -0.2) is 13.2 Å². The van der Waals surface area contributed by atoms with Crippen LogP contribution < -0.4 is 9.62 Å². The van der Waals surface area contributed by atoms with E-state index in [4.69, 9.17) is 16.3 Å². The lowest BCUT2D eigenvalue weighted by Gasteiger charge is -2.21. The van der Waals surface area contributed by atoms with E-state index >= 15 is 0 Å². The Morgan fingerprint density at radius 3 is 2.41 bits per heavy atom. The molecular formula is C18H19ClN2O5S. The summed E-state index contributed by atoms with van der Waals surface area (Å²) in [6.07, 6.45) is 1.02. The van der Waals surface area contributed by atoms with Crippen molar-refractivity contribution in [2.45, 2.75) is 6.92 Å². The van der Waals surface area contributed by atoms with Gasteiger partial charge < -0.3 is 10.1 Å². The summed E-state index contributed by atoms with van der Waals surface area (Å²) in [7, 11) is -3.66. The van der Waals surface area contributed by atoms with Crippen molar-refractivity contribution in [2.75, 3.05) is 29.0 Å². The van der Waals surface area contributed by atoms with E-state index in [-0.39, 0.29) is 17.2 Å². The molecule has 1 N–H and O–H groups in total. The van der Waals surface area contributed by atoms with E-state index in [2.05, 4.69) is 5.32 Å². The van der Waals surface area contributed by atoms with E-state index in [0.29, 0.717) is 11.4 Å². The first-order chi connectivity index (χ1) is 12.7. The quantitative estimate of drug-likeness (QED) is 0.708. The standard InChI is InChI=1S/C18H19ClN2O5S/c1-3-26-18(23)15-11-13(9-10-16(15)19)20-17(22)12-21(27(2,24)25)14-7-5-4-6-8-14/h4-11H,3,12H2,1-2H3,(H,20,22). The molecule has 9 heteroatoms.